The average Bonchev–Trinajstić information content (AvgIpc) is 2.54. The lowest BCUT2D eigenvalue weighted by molar-refractivity contribution is -0.138. The minimum Gasteiger partial charge on any atom is -0.463 e. The molecule has 0 aliphatic heterocycles. The van der Waals surface area contributed by atoms with Gasteiger partial charge in [-0.1, -0.05) is 99.0 Å². The highest BCUT2D eigenvalue weighted by Gasteiger charge is 2.08. The second kappa shape index (κ2) is 15.5. The molecule has 0 aromatic carbocycles. The SMILES string of the molecule is C=CC(=O)OCCC(C)CCCC(C)CCCC(C)CCCC(C)C. The molecule has 0 bridgehead atoms. The topological polar surface area (TPSA) is 26.3 Å². The fourth-order valence-corrected chi connectivity index (χ4v) is 3.36. The Labute approximate surface area is 157 Å². The molecule has 0 radical (unpaired) electrons. The van der Waals surface area contributed by atoms with Crippen LogP contribution in [0.25, 0.3) is 0 Å². The first-order valence-corrected chi connectivity index (χ1v) is 10.6. The van der Waals surface area contributed by atoms with Crippen molar-refractivity contribution in [1.29, 1.82) is 0 Å². The Balaban J connectivity index is 3.55. The number of carbonyl (C=O) groups excluding carboxylic acids is 1. The van der Waals surface area contributed by atoms with Crippen LogP contribution < -0.4 is 0 Å². The van der Waals surface area contributed by atoms with Gasteiger partial charge < -0.3 is 4.74 Å². The van der Waals surface area contributed by atoms with Crippen LogP contribution in [-0.4, -0.2) is 12.6 Å². The van der Waals surface area contributed by atoms with Crippen molar-refractivity contribution in [3.8, 4) is 0 Å². The van der Waals surface area contributed by atoms with Crippen molar-refractivity contribution < 1.29 is 9.53 Å². The van der Waals surface area contributed by atoms with Crippen LogP contribution in [-0.2, 0) is 9.53 Å². The van der Waals surface area contributed by atoms with E-state index < -0.39 is 0 Å². The zero-order valence-corrected chi connectivity index (χ0v) is 17.7. The van der Waals surface area contributed by atoms with Crippen LogP contribution in [0.5, 0.6) is 0 Å². The number of hydrogen-bond donors (Lipinski definition) is 0. The van der Waals surface area contributed by atoms with Gasteiger partial charge in [0, 0.05) is 6.08 Å². The molecule has 0 aliphatic carbocycles. The third-order valence-electron chi connectivity index (χ3n) is 5.29. The van der Waals surface area contributed by atoms with Gasteiger partial charge >= 0.3 is 5.97 Å². The van der Waals surface area contributed by atoms with E-state index in [1.54, 1.807) is 0 Å². The highest BCUT2D eigenvalue weighted by molar-refractivity contribution is 5.81. The Kier molecular flexibility index (Phi) is 15.0. The van der Waals surface area contributed by atoms with Gasteiger partial charge in [-0.3, -0.25) is 0 Å². The first-order valence-electron chi connectivity index (χ1n) is 10.6. The first kappa shape index (κ1) is 24.2. The summed E-state index contributed by atoms with van der Waals surface area (Å²) in [6, 6.07) is 0. The van der Waals surface area contributed by atoms with E-state index in [0.717, 1.165) is 24.2 Å². The molecular weight excluding hydrogens is 308 g/mol. The molecule has 3 atom stereocenters. The number of hydrogen-bond acceptors (Lipinski definition) is 2. The molecule has 0 aromatic heterocycles. The summed E-state index contributed by atoms with van der Waals surface area (Å²) in [6.45, 7) is 15.7. The maximum atomic E-state index is 11.0. The molecule has 0 heterocycles. The standard InChI is InChI=1S/C23H44O2/c1-7-23(24)25-18-17-22(6)16-10-15-21(5)14-9-13-20(4)12-8-11-19(2)3/h7,19-22H,1,8-18H2,2-6H3. The van der Waals surface area contributed by atoms with Crippen LogP contribution in [0.15, 0.2) is 12.7 Å². The van der Waals surface area contributed by atoms with Gasteiger partial charge in [-0.05, 0) is 30.1 Å². The van der Waals surface area contributed by atoms with Gasteiger partial charge in [-0.25, -0.2) is 4.79 Å². The van der Waals surface area contributed by atoms with Crippen molar-refractivity contribution in [2.45, 2.75) is 98.8 Å². The van der Waals surface area contributed by atoms with Crippen molar-refractivity contribution in [2.75, 3.05) is 6.61 Å². The molecule has 2 heteroatoms. The summed E-state index contributed by atoms with van der Waals surface area (Å²) in [7, 11) is 0. The monoisotopic (exact) mass is 352 g/mol. The Morgan fingerprint density at radius 2 is 1.16 bits per heavy atom. The van der Waals surface area contributed by atoms with E-state index in [2.05, 4.69) is 41.2 Å². The fourth-order valence-electron chi connectivity index (χ4n) is 3.36. The maximum Gasteiger partial charge on any atom is 0.330 e. The van der Waals surface area contributed by atoms with Crippen LogP contribution in [0, 0.1) is 23.7 Å². The Morgan fingerprint density at radius 1 is 0.760 bits per heavy atom. The van der Waals surface area contributed by atoms with E-state index >= 15 is 0 Å². The van der Waals surface area contributed by atoms with Crippen molar-refractivity contribution in [3.63, 3.8) is 0 Å². The van der Waals surface area contributed by atoms with Crippen LogP contribution in [0.4, 0.5) is 0 Å². The minimum absolute atomic E-state index is 0.306. The van der Waals surface area contributed by atoms with Gasteiger partial charge in [-0.2, -0.15) is 0 Å². The summed E-state index contributed by atoms with van der Waals surface area (Å²) >= 11 is 0. The van der Waals surface area contributed by atoms with Gasteiger partial charge in [0.25, 0.3) is 0 Å². The molecule has 0 fully saturated rings. The number of ether oxygens (including phenoxy) is 1. The zero-order valence-electron chi connectivity index (χ0n) is 17.7. The van der Waals surface area contributed by atoms with Gasteiger partial charge in [-0.15, -0.1) is 0 Å². The normalized spacial score (nSPS) is 15.0. The molecule has 0 aromatic rings. The van der Waals surface area contributed by atoms with E-state index in [9.17, 15) is 4.79 Å². The number of rotatable bonds is 16. The largest absolute Gasteiger partial charge is 0.463 e. The molecule has 0 spiro atoms. The summed E-state index contributed by atoms with van der Waals surface area (Å²) in [4.78, 5) is 11.0. The summed E-state index contributed by atoms with van der Waals surface area (Å²) in [5.41, 5.74) is 0. The van der Waals surface area contributed by atoms with Crippen molar-refractivity contribution in [3.05, 3.63) is 12.7 Å². The average molecular weight is 353 g/mol. The molecule has 148 valence electrons. The predicted molar refractivity (Wildman–Crippen MR) is 110 cm³/mol. The molecule has 0 aliphatic rings. The van der Waals surface area contributed by atoms with Crippen molar-refractivity contribution in [2.24, 2.45) is 23.7 Å². The van der Waals surface area contributed by atoms with E-state index in [4.69, 9.17) is 4.74 Å². The molecule has 3 unspecified atom stereocenters. The van der Waals surface area contributed by atoms with Gasteiger partial charge in [0.15, 0.2) is 0 Å². The molecular formula is C23H44O2. The summed E-state index contributed by atoms with van der Waals surface area (Å²) in [5.74, 6) is 2.91. The molecule has 0 saturated carbocycles. The summed E-state index contributed by atoms with van der Waals surface area (Å²) in [6.07, 6.45) is 14.4. The van der Waals surface area contributed by atoms with Crippen LogP contribution in [0.3, 0.4) is 0 Å². The summed E-state index contributed by atoms with van der Waals surface area (Å²) in [5, 5.41) is 0. The molecule has 0 N–H and O–H groups in total. The number of esters is 1. The van der Waals surface area contributed by atoms with E-state index in [1.807, 2.05) is 0 Å². The Morgan fingerprint density at radius 3 is 1.56 bits per heavy atom. The van der Waals surface area contributed by atoms with E-state index in [0.29, 0.717) is 12.5 Å². The van der Waals surface area contributed by atoms with Crippen molar-refractivity contribution in [1.82, 2.24) is 0 Å². The quantitative estimate of drug-likeness (QED) is 0.217. The molecule has 0 amide bonds. The van der Waals surface area contributed by atoms with E-state index in [-0.39, 0.29) is 5.97 Å². The Bertz CT molecular complexity index is 335. The molecule has 2 nitrogen and oxygen atoms in total. The predicted octanol–water partition coefficient (Wildman–Crippen LogP) is 7.18. The third kappa shape index (κ3) is 16.4. The van der Waals surface area contributed by atoms with Crippen LogP contribution >= 0.6 is 0 Å². The van der Waals surface area contributed by atoms with Gasteiger partial charge in [0.05, 0.1) is 6.61 Å². The summed E-state index contributed by atoms with van der Waals surface area (Å²) < 4.78 is 5.05. The van der Waals surface area contributed by atoms with Crippen LogP contribution in [0.1, 0.15) is 98.8 Å². The van der Waals surface area contributed by atoms with Crippen molar-refractivity contribution >= 4 is 5.97 Å². The second-order valence-corrected chi connectivity index (χ2v) is 8.66. The van der Waals surface area contributed by atoms with E-state index in [1.165, 1.54) is 63.9 Å². The first-order chi connectivity index (χ1) is 11.8. The lowest BCUT2D eigenvalue weighted by Gasteiger charge is -2.16. The zero-order chi connectivity index (χ0) is 19.1. The lowest BCUT2D eigenvalue weighted by atomic mass is 9.91. The molecule has 25 heavy (non-hydrogen) atoms. The highest BCUT2D eigenvalue weighted by Crippen LogP contribution is 2.22. The highest BCUT2D eigenvalue weighted by atomic mass is 16.5. The second-order valence-electron chi connectivity index (χ2n) is 8.66. The molecule has 0 saturated heterocycles. The molecule has 0 rings (SSSR count). The van der Waals surface area contributed by atoms with Gasteiger partial charge in [0.2, 0.25) is 0 Å². The Hall–Kier alpha value is -0.790. The minimum atomic E-state index is -0.306. The number of carbonyl (C=O) groups is 1. The third-order valence-corrected chi connectivity index (χ3v) is 5.29. The smallest absolute Gasteiger partial charge is 0.330 e. The lowest BCUT2D eigenvalue weighted by Crippen LogP contribution is -2.06. The maximum absolute atomic E-state index is 11.0. The fraction of sp³-hybridized carbons (Fsp3) is 0.870. The van der Waals surface area contributed by atoms with Gasteiger partial charge in [0.1, 0.15) is 0 Å². The van der Waals surface area contributed by atoms with Crippen LogP contribution in [0.2, 0.25) is 0 Å².